The van der Waals surface area contributed by atoms with Crippen molar-refractivity contribution in [3.8, 4) is 5.75 Å². The summed E-state index contributed by atoms with van der Waals surface area (Å²) in [5, 5.41) is 0. The number of rotatable bonds is 8. The van der Waals surface area contributed by atoms with E-state index in [1.54, 1.807) is 12.1 Å². The van der Waals surface area contributed by atoms with Gasteiger partial charge < -0.3 is 14.2 Å². The molecule has 0 spiro atoms. The van der Waals surface area contributed by atoms with Gasteiger partial charge >= 0.3 is 5.97 Å². The molecular formula is C26H24O4. The Bertz CT molecular complexity index is 1020. The van der Waals surface area contributed by atoms with Gasteiger partial charge in [-0.25, -0.2) is 4.79 Å². The molecule has 0 aromatic heterocycles. The molecule has 0 bridgehead atoms. The van der Waals surface area contributed by atoms with Gasteiger partial charge in [0.1, 0.15) is 11.3 Å². The molecule has 3 rings (SSSR count). The normalized spacial score (nSPS) is 11.1. The predicted molar refractivity (Wildman–Crippen MR) is 121 cm³/mol. The van der Waals surface area contributed by atoms with Gasteiger partial charge in [-0.2, -0.15) is 0 Å². The number of carbonyl (C=O) groups is 1. The minimum Gasteiger partial charge on any atom is -0.467 e. The molecule has 30 heavy (non-hydrogen) atoms. The van der Waals surface area contributed by atoms with E-state index in [0.717, 1.165) is 16.7 Å². The van der Waals surface area contributed by atoms with E-state index in [9.17, 15) is 4.79 Å². The van der Waals surface area contributed by atoms with E-state index in [0.29, 0.717) is 11.3 Å². The lowest BCUT2D eigenvalue weighted by molar-refractivity contribution is 0.0465. The molecule has 0 aliphatic rings. The van der Waals surface area contributed by atoms with Crippen LogP contribution in [0.5, 0.6) is 5.75 Å². The molecule has 3 aromatic rings. The van der Waals surface area contributed by atoms with E-state index in [1.165, 1.54) is 19.8 Å². The van der Waals surface area contributed by atoms with Crippen molar-refractivity contribution in [1.29, 1.82) is 0 Å². The summed E-state index contributed by atoms with van der Waals surface area (Å²) >= 11 is 0. The molecule has 0 saturated heterocycles. The van der Waals surface area contributed by atoms with Crippen molar-refractivity contribution in [3.05, 3.63) is 101 Å². The molecule has 0 N–H and O–H groups in total. The number of ether oxygens (including phenoxy) is 3. The van der Waals surface area contributed by atoms with Crippen LogP contribution in [0, 0.1) is 0 Å². The third-order valence-corrected chi connectivity index (χ3v) is 4.41. The van der Waals surface area contributed by atoms with Crippen LogP contribution in [0.2, 0.25) is 0 Å². The van der Waals surface area contributed by atoms with Gasteiger partial charge in [-0.1, -0.05) is 85.0 Å². The maximum atomic E-state index is 12.1. The molecule has 0 unspecified atom stereocenters. The van der Waals surface area contributed by atoms with E-state index in [4.69, 9.17) is 14.2 Å². The second-order valence-electron chi connectivity index (χ2n) is 6.54. The van der Waals surface area contributed by atoms with Crippen molar-refractivity contribution >= 4 is 30.3 Å². The summed E-state index contributed by atoms with van der Waals surface area (Å²) in [6.07, 6.45) is 8.12. The van der Waals surface area contributed by atoms with E-state index in [2.05, 4.69) is 48.6 Å². The van der Waals surface area contributed by atoms with Crippen molar-refractivity contribution in [1.82, 2.24) is 0 Å². The Hall–Kier alpha value is -3.63. The summed E-state index contributed by atoms with van der Waals surface area (Å²) in [7, 11) is 2.87. The second kappa shape index (κ2) is 10.8. The smallest absolute Gasteiger partial charge is 0.341 e. The molecule has 152 valence electrons. The lowest BCUT2D eigenvalue weighted by Gasteiger charge is -2.10. The minimum absolute atomic E-state index is 0.0598. The standard InChI is InChI=1S/C26H24O4/c1-28-19-30-25-17-16-23(18-24(25)26(27)29-2)15-14-22-12-10-21(11-13-22)9-8-20-6-4-3-5-7-20/h3-18H,19H2,1-2H3/b9-8+,15-14+. The zero-order valence-electron chi connectivity index (χ0n) is 17.1. The monoisotopic (exact) mass is 400 g/mol. The average molecular weight is 400 g/mol. The van der Waals surface area contributed by atoms with Crippen LogP contribution in [0.15, 0.2) is 72.8 Å². The number of hydrogen-bond acceptors (Lipinski definition) is 4. The van der Waals surface area contributed by atoms with Gasteiger partial charge in [0.2, 0.25) is 0 Å². The molecular weight excluding hydrogens is 376 g/mol. The number of benzene rings is 3. The summed E-state index contributed by atoms with van der Waals surface area (Å²) in [6.45, 7) is 0.0598. The molecule has 4 heteroatoms. The highest BCUT2D eigenvalue weighted by molar-refractivity contribution is 5.93. The maximum Gasteiger partial charge on any atom is 0.341 e. The molecule has 4 nitrogen and oxygen atoms in total. The van der Waals surface area contributed by atoms with Crippen LogP contribution < -0.4 is 4.74 Å². The molecule has 0 heterocycles. The highest BCUT2D eigenvalue weighted by Gasteiger charge is 2.13. The molecule has 3 aromatic carbocycles. The van der Waals surface area contributed by atoms with Gasteiger partial charge in [0.25, 0.3) is 0 Å². The molecule has 0 saturated carbocycles. The Morgan fingerprint density at radius 1 is 0.733 bits per heavy atom. The first kappa shape index (κ1) is 21.1. The van der Waals surface area contributed by atoms with E-state index < -0.39 is 5.97 Å². The summed E-state index contributed by atoms with van der Waals surface area (Å²) in [6, 6.07) is 23.8. The summed E-state index contributed by atoms with van der Waals surface area (Å²) in [5.41, 5.74) is 4.59. The van der Waals surface area contributed by atoms with Crippen molar-refractivity contribution in [2.24, 2.45) is 0 Å². The zero-order chi connectivity index (χ0) is 21.2. The van der Waals surface area contributed by atoms with E-state index >= 15 is 0 Å². The first-order chi connectivity index (χ1) is 14.7. The summed E-state index contributed by atoms with van der Waals surface area (Å²) in [5.74, 6) is -0.0266. The second-order valence-corrected chi connectivity index (χ2v) is 6.54. The fourth-order valence-electron chi connectivity index (χ4n) is 2.84. The van der Waals surface area contributed by atoms with Gasteiger partial charge in [0.15, 0.2) is 6.79 Å². The SMILES string of the molecule is COCOc1ccc(/C=C/c2ccc(/C=C/c3ccccc3)cc2)cc1C(=O)OC. The number of esters is 1. The fourth-order valence-corrected chi connectivity index (χ4v) is 2.84. The van der Waals surface area contributed by atoms with Crippen LogP contribution >= 0.6 is 0 Å². The Kier molecular flexibility index (Phi) is 7.58. The number of methoxy groups -OCH3 is 2. The van der Waals surface area contributed by atoms with Crippen molar-refractivity contribution < 1.29 is 19.0 Å². The highest BCUT2D eigenvalue weighted by atomic mass is 16.7. The van der Waals surface area contributed by atoms with Crippen molar-refractivity contribution in [2.45, 2.75) is 0 Å². The Balaban J connectivity index is 1.72. The Labute approximate surface area is 177 Å². The number of hydrogen-bond donors (Lipinski definition) is 0. The fraction of sp³-hybridized carbons (Fsp3) is 0.115. The third kappa shape index (κ3) is 5.93. The Morgan fingerprint density at radius 2 is 1.27 bits per heavy atom. The first-order valence-corrected chi connectivity index (χ1v) is 9.55. The van der Waals surface area contributed by atoms with E-state index in [1.807, 2.05) is 36.4 Å². The van der Waals surface area contributed by atoms with Crippen LogP contribution in [-0.4, -0.2) is 27.0 Å². The van der Waals surface area contributed by atoms with Gasteiger partial charge in [0, 0.05) is 7.11 Å². The van der Waals surface area contributed by atoms with Crippen molar-refractivity contribution in [2.75, 3.05) is 21.0 Å². The molecule has 0 aliphatic heterocycles. The summed E-state index contributed by atoms with van der Waals surface area (Å²) < 4.78 is 15.2. The lowest BCUT2D eigenvalue weighted by Crippen LogP contribution is -2.07. The third-order valence-electron chi connectivity index (χ3n) is 4.41. The van der Waals surface area contributed by atoms with Crippen LogP contribution in [0.25, 0.3) is 24.3 Å². The van der Waals surface area contributed by atoms with E-state index in [-0.39, 0.29) is 6.79 Å². The first-order valence-electron chi connectivity index (χ1n) is 9.55. The molecule has 0 amide bonds. The lowest BCUT2D eigenvalue weighted by atomic mass is 10.1. The van der Waals surface area contributed by atoms with Crippen LogP contribution in [0.3, 0.4) is 0 Å². The minimum atomic E-state index is -0.453. The van der Waals surface area contributed by atoms with Gasteiger partial charge in [-0.3, -0.25) is 0 Å². The van der Waals surface area contributed by atoms with Gasteiger partial charge in [-0.05, 0) is 34.4 Å². The predicted octanol–water partition coefficient (Wildman–Crippen LogP) is 5.80. The maximum absolute atomic E-state index is 12.1. The summed E-state index contributed by atoms with van der Waals surface area (Å²) in [4.78, 5) is 12.1. The quantitative estimate of drug-likeness (QED) is 0.272. The van der Waals surface area contributed by atoms with Crippen molar-refractivity contribution in [3.63, 3.8) is 0 Å². The Morgan fingerprint density at radius 3 is 1.83 bits per heavy atom. The topological polar surface area (TPSA) is 44.8 Å². The van der Waals surface area contributed by atoms with Crippen LogP contribution in [0.1, 0.15) is 32.6 Å². The zero-order valence-corrected chi connectivity index (χ0v) is 17.1. The largest absolute Gasteiger partial charge is 0.467 e. The van der Waals surface area contributed by atoms with Gasteiger partial charge in [0.05, 0.1) is 7.11 Å². The van der Waals surface area contributed by atoms with Gasteiger partial charge in [-0.15, -0.1) is 0 Å². The molecule has 0 atom stereocenters. The molecule has 0 radical (unpaired) electrons. The molecule has 0 aliphatic carbocycles. The highest BCUT2D eigenvalue weighted by Crippen LogP contribution is 2.23. The molecule has 0 fully saturated rings. The number of carbonyl (C=O) groups excluding carboxylic acids is 1. The van der Waals surface area contributed by atoms with Crippen LogP contribution in [-0.2, 0) is 9.47 Å². The van der Waals surface area contributed by atoms with Crippen LogP contribution in [0.4, 0.5) is 0 Å². The average Bonchev–Trinajstić information content (AvgIpc) is 2.81.